The molecule has 0 radical (unpaired) electrons. The largest absolute Gasteiger partial charge is 0.506 e. The number of rotatable bonds is 7. The highest BCUT2D eigenvalue weighted by molar-refractivity contribution is 8.18. The zero-order valence-electron chi connectivity index (χ0n) is 17.7. The number of benzene rings is 2. The van der Waals surface area contributed by atoms with Gasteiger partial charge in [-0.15, -0.1) is 0 Å². The van der Waals surface area contributed by atoms with Gasteiger partial charge in [0.05, 0.1) is 38.5 Å². The van der Waals surface area contributed by atoms with Crippen molar-refractivity contribution in [3.63, 3.8) is 0 Å². The summed E-state index contributed by atoms with van der Waals surface area (Å²) in [6.07, 6.45) is 1.72. The van der Waals surface area contributed by atoms with E-state index in [2.05, 4.69) is 4.99 Å². The van der Waals surface area contributed by atoms with Crippen LogP contribution in [0, 0.1) is 0 Å². The third-order valence-corrected chi connectivity index (χ3v) is 5.41. The van der Waals surface area contributed by atoms with E-state index in [1.54, 1.807) is 62.8 Å². The Morgan fingerprint density at radius 2 is 1.77 bits per heavy atom. The van der Waals surface area contributed by atoms with Gasteiger partial charge in [-0.2, -0.15) is 0 Å². The molecule has 1 aliphatic heterocycles. The van der Waals surface area contributed by atoms with Gasteiger partial charge >= 0.3 is 5.97 Å². The van der Waals surface area contributed by atoms with Gasteiger partial charge < -0.3 is 24.1 Å². The minimum atomic E-state index is -0.667. The van der Waals surface area contributed by atoms with Gasteiger partial charge in [-0.25, -0.2) is 9.79 Å². The summed E-state index contributed by atoms with van der Waals surface area (Å²) in [5.41, 5.74) is 1.34. The maximum absolute atomic E-state index is 12.3. The number of carbonyl (C=O) groups excluding carboxylic acids is 1. The van der Waals surface area contributed by atoms with Crippen LogP contribution in [0.1, 0.15) is 12.5 Å². The van der Waals surface area contributed by atoms with E-state index in [-0.39, 0.29) is 11.3 Å². The Morgan fingerprint density at radius 1 is 1.06 bits per heavy atom. The van der Waals surface area contributed by atoms with Crippen molar-refractivity contribution in [2.45, 2.75) is 6.92 Å². The van der Waals surface area contributed by atoms with Crippen molar-refractivity contribution < 1.29 is 28.8 Å². The van der Waals surface area contributed by atoms with Crippen molar-refractivity contribution in [1.29, 1.82) is 0 Å². The fourth-order valence-electron chi connectivity index (χ4n) is 2.87. The van der Waals surface area contributed by atoms with E-state index in [0.29, 0.717) is 39.3 Å². The molecule has 0 unspecified atom stereocenters. The van der Waals surface area contributed by atoms with Gasteiger partial charge in [0, 0.05) is 11.6 Å². The molecule has 162 valence electrons. The highest BCUT2D eigenvalue weighted by Crippen LogP contribution is 2.41. The number of aliphatic hydroxyl groups excluding tert-OH is 1. The molecule has 0 saturated carbocycles. The Bertz CT molecular complexity index is 1060. The quantitative estimate of drug-likeness (QED) is 0.611. The van der Waals surface area contributed by atoms with Crippen LogP contribution in [0.2, 0.25) is 0 Å². The molecule has 2 aromatic rings. The molecule has 31 heavy (non-hydrogen) atoms. The van der Waals surface area contributed by atoms with E-state index in [1.807, 2.05) is 6.92 Å². The van der Waals surface area contributed by atoms with Gasteiger partial charge in [0.25, 0.3) is 0 Å². The van der Waals surface area contributed by atoms with E-state index in [4.69, 9.17) is 18.9 Å². The maximum atomic E-state index is 12.3. The van der Waals surface area contributed by atoms with E-state index >= 15 is 0 Å². The summed E-state index contributed by atoms with van der Waals surface area (Å²) in [7, 11) is 4.38. The number of nitrogens with zero attached hydrogens (tertiary/aromatic N) is 1. The smallest absolute Gasteiger partial charge is 0.344 e. The lowest BCUT2D eigenvalue weighted by molar-refractivity contribution is -0.135. The summed E-state index contributed by atoms with van der Waals surface area (Å²) in [4.78, 5) is 17.3. The Labute approximate surface area is 185 Å². The fourth-order valence-corrected chi connectivity index (χ4v) is 3.90. The Hall–Kier alpha value is -3.39. The number of hydrogen-bond acceptors (Lipinski definition) is 8. The molecule has 0 aliphatic carbocycles. The van der Waals surface area contributed by atoms with Crippen LogP contribution in [-0.2, 0) is 9.53 Å². The predicted molar refractivity (Wildman–Crippen MR) is 121 cm³/mol. The summed E-state index contributed by atoms with van der Waals surface area (Å²) in [6, 6.07) is 12.5. The number of thioether (sulfide) groups is 1. The predicted octanol–water partition coefficient (Wildman–Crippen LogP) is 4.91. The minimum Gasteiger partial charge on any atom is -0.506 e. The Kier molecular flexibility index (Phi) is 7.25. The average molecular weight is 442 g/mol. The number of methoxy groups -OCH3 is 3. The van der Waals surface area contributed by atoms with Crippen molar-refractivity contribution >= 4 is 34.5 Å². The van der Waals surface area contributed by atoms with Crippen LogP contribution in [0.25, 0.3) is 6.08 Å². The van der Waals surface area contributed by atoms with Gasteiger partial charge in [0.2, 0.25) is 0 Å². The number of aliphatic hydroxyl groups is 1. The van der Waals surface area contributed by atoms with Gasteiger partial charge in [-0.3, -0.25) is 0 Å². The summed E-state index contributed by atoms with van der Waals surface area (Å²) >= 11 is 1.17. The molecule has 1 heterocycles. The third kappa shape index (κ3) is 5.03. The van der Waals surface area contributed by atoms with Crippen molar-refractivity contribution in [2.24, 2.45) is 4.99 Å². The second kappa shape index (κ2) is 10.1. The Morgan fingerprint density at radius 3 is 2.39 bits per heavy atom. The normalized spacial score (nSPS) is 16.0. The number of hydrogen-bond donors (Lipinski definition) is 1. The first-order chi connectivity index (χ1) is 15.0. The number of carbonyl (C=O) groups is 1. The van der Waals surface area contributed by atoms with Gasteiger partial charge in [0.1, 0.15) is 33.6 Å². The lowest BCUT2D eigenvalue weighted by Gasteiger charge is -2.08. The third-order valence-electron chi connectivity index (χ3n) is 4.39. The molecule has 1 N–H and O–H groups in total. The topological polar surface area (TPSA) is 86.6 Å². The fraction of sp³-hybridized carbons (Fsp3) is 0.217. The molecule has 1 aliphatic rings. The van der Waals surface area contributed by atoms with Crippen molar-refractivity contribution in [3.05, 3.63) is 64.3 Å². The first kappa shape index (κ1) is 22.3. The van der Waals surface area contributed by atoms with Crippen LogP contribution in [-0.4, -0.2) is 44.1 Å². The van der Waals surface area contributed by atoms with Crippen LogP contribution in [0.3, 0.4) is 0 Å². The molecule has 0 amide bonds. The van der Waals surface area contributed by atoms with Crippen LogP contribution < -0.4 is 14.2 Å². The summed E-state index contributed by atoms with van der Waals surface area (Å²) in [6.45, 7) is 2.47. The van der Waals surface area contributed by atoms with Crippen LogP contribution >= 0.6 is 11.8 Å². The average Bonchev–Trinajstić information content (AvgIpc) is 3.09. The van der Waals surface area contributed by atoms with Crippen LogP contribution in [0.15, 0.2) is 63.7 Å². The summed E-state index contributed by atoms with van der Waals surface area (Å²) < 4.78 is 20.9. The van der Waals surface area contributed by atoms with E-state index in [0.717, 1.165) is 5.75 Å². The molecule has 3 rings (SSSR count). The standard InChI is InChI=1S/C23H23NO6S/c1-5-30-16-10-7-15(8-11-16)24-22-20(23(26)29-4)21(25)19(31-22)12-14-6-9-17(27-2)13-18(14)28-3/h6-13,25H,5H2,1-4H3/b19-12+,24-22?. The molecule has 0 aromatic heterocycles. The number of esters is 1. The van der Waals surface area contributed by atoms with Gasteiger partial charge in [-0.05, 0) is 49.4 Å². The van der Waals surface area contributed by atoms with Gasteiger partial charge in [0.15, 0.2) is 0 Å². The van der Waals surface area contributed by atoms with E-state index in [1.165, 1.54) is 18.9 Å². The molecule has 0 atom stereocenters. The monoisotopic (exact) mass is 441 g/mol. The van der Waals surface area contributed by atoms with E-state index in [9.17, 15) is 9.90 Å². The zero-order valence-corrected chi connectivity index (χ0v) is 18.5. The molecule has 8 heteroatoms. The van der Waals surface area contributed by atoms with Crippen LogP contribution in [0.5, 0.6) is 17.2 Å². The minimum absolute atomic E-state index is 0.0140. The lowest BCUT2D eigenvalue weighted by Crippen LogP contribution is -2.10. The van der Waals surface area contributed by atoms with Crippen LogP contribution in [0.4, 0.5) is 5.69 Å². The molecule has 0 fully saturated rings. The van der Waals surface area contributed by atoms with Crippen molar-refractivity contribution in [2.75, 3.05) is 27.9 Å². The summed E-state index contributed by atoms with van der Waals surface area (Å²) in [5, 5.41) is 11.1. The summed E-state index contributed by atoms with van der Waals surface area (Å²) in [5.74, 6) is 1.08. The molecular weight excluding hydrogens is 418 g/mol. The molecule has 2 aromatic carbocycles. The second-order valence-electron chi connectivity index (χ2n) is 6.28. The van der Waals surface area contributed by atoms with E-state index < -0.39 is 5.97 Å². The number of aliphatic imine (C=N–C) groups is 1. The molecular formula is C23H23NO6S. The molecule has 0 bridgehead atoms. The molecule has 7 nitrogen and oxygen atoms in total. The zero-order chi connectivity index (χ0) is 22.4. The Balaban J connectivity index is 2.00. The molecule has 0 spiro atoms. The number of ether oxygens (including phenoxy) is 4. The van der Waals surface area contributed by atoms with Crippen molar-refractivity contribution in [1.82, 2.24) is 0 Å². The SMILES string of the molecule is CCOc1ccc(N=C2S/C(=C/c3ccc(OC)cc3OC)C(O)=C2C(=O)OC)cc1. The maximum Gasteiger partial charge on any atom is 0.344 e. The highest BCUT2D eigenvalue weighted by Gasteiger charge is 2.33. The molecule has 0 saturated heterocycles. The second-order valence-corrected chi connectivity index (χ2v) is 7.31. The first-order valence-electron chi connectivity index (χ1n) is 9.46. The van der Waals surface area contributed by atoms with Gasteiger partial charge in [-0.1, -0.05) is 11.8 Å². The highest BCUT2D eigenvalue weighted by atomic mass is 32.2. The first-order valence-corrected chi connectivity index (χ1v) is 10.3. The lowest BCUT2D eigenvalue weighted by atomic mass is 10.1. The van der Waals surface area contributed by atoms with Crippen molar-refractivity contribution in [3.8, 4) is 17.2 Å².